The monoisotopic (exact) mass is 352 g/mol. The SMILES string of the molecule is CC(C)Oc1ccccc1C1C(C#N)=C(N)Oc2n[nH]c(C(C)(C)C)c21. The van der Waals surface area contributed by atoms with E-state index in [1.54, 1.807) is 0 Å². The molecule has 0 radical (unpaired) electrons. The van der Waals surface area contributed by atoms with Crippen LogP contribution in [0, 0.1) is 11.3 Å². The number of nitriles is 1. The van der Waals surface area contributed by atoms with Crippen molar-refractivity contribution in [3.05, 3.63) is 52.5 Å². The highest BCUT2D eigenvalue weighted by Crippen LogP contribution is 2.47. The van der Waals surface area contributed by atoms with Gasteiger partial charge in [-0.15, -0.1) is 5.10 Å². The van der Waals surface area contributed by atoms with Gasteiger partial charge >= 0.3 is 0 Å². The number of ether oxygens (including phenoxy) is 2. The van der Waals surface area contributed by atoms with Gasteiger partial charge in [0.15, 0.2) is 0 Å². The van der Waals surface area contributed by atoms with Gasteiger partial charge in [0.05, 0.1) is 17.6 Å². The minimum Gasteiger partial charge on any atom is -0.491 e. The van der Waals surface area contributed by atoms with Crippen molar-refractivity contribution >= 4 is 0 Å². The molecule has 2 heterocycles. The molecule has 0 aliphatic carbocycles. The smallest absolute Gasteiger partial charge is 0.244 e. The maximum atomic E-state index is 9.78. The van der Waals surface area contributed by atoms with Crippen LogP contribution < -0.4 is 15.2 Å². The lowest BCUT2D eigenvalue weighted by molar-refractivity contribution is 0.239. The van der Waals surface area contributed by atoms with E-state index >= 15 is 0 Å². The molecule has 1 atom stereocenters. The molecule has 1 aliphatic heterocycles. The summed E-state index contributed by atoms with van der Waals surface area (Å²) >= 11 is 0. The van der Waals surface area contributed by atoms with Gasteiger partial charge < -0.3 is 15.2 Å². The van der Waals surface area contributed by atoms with Crippen molar-refractivity contribution < 1.29 is 9.47 Å². The molecule has 6 nitrogen and oxygen atoms in total. The van der Waals surface area contributed by atoms with Crippen LogP contribution in [0.5, 0.6) is 11.6 Å². The summed E-state index contributed by atoms with van der Waals surface area (Å²) in [6.45, 7) is 10.2. The van der Waals surface area contributed by atoms with Crippen LogP contribution in [0.2, 0.25) is 0 Å². The molecule has 0 saturated carbocycles. The van der Waals surface area contributed by atoms with Crippen LogP contribution >= 0.6 is 0 Å². The summed E-state index contributed by atoms with van der Waals surface area (Å²) in [5.74, 6) is 0.820. The average Bonchev–Trinajstić information content (AvgIpc) is 2.97. The van der Waals surface area contributed by atoms with Crippen molar-refractivity contribution in [2.75, 3.05) is 0 Å². The number of nitrogens with two attached hydrogens (primary N) is 1. The first kappa shape index (κ1) is 17.9. The number of para-hydroxylation sites is 1. The molecular formula is C20H24N4O2. The summed E-state index contributed by atoms with van der Waals surface area (Å²) in [5.41, 5.74) is 8.82. The number of nitrogens with one attached hydrogen (secondary N) is 1. The Kier molecular flexibility index (Phi) is 4.41. The molecule has 0 bridgehead atoms. The molecule has 1 aromatic heterocycles. The van der Waals surface area contributed by atoms with E-state index in [0.29, 0.717) is 11.5 Å². The Morgan fingerprint density at radius 3 is 2.62 bits per heavy atom. The molecular weight excluding hydrogens is 328 g/mol. The fourth-order valence-corrected chi connectivity index (χ4v) is 3.21. The minimum atomic E-state index is -0.397. The lowest BCUT2D eigenvalue weighted by Crippen LogP contribution is -2.24. The standard InChI is InChI=1S/C20H24N4O2/c1-11(2)25-14-9-7-6-8-12(14)15-13(10-21)18(22)26-19-16(15)17(23-24-19)20(3,4)5/h6-9,11,15H,22H2,1-5H3,(H,23,24). The maximum Gasteiger partial charge on any atom is 0.244 e. The number of H-pyrrole nitrogens is 1. The molecule has 136 valence electrons. The number of aromatic amines is 1. The number of hydrogen-bond acceptors (Lipinski definition) is 5. The molecule has 1 aliphatic rings. The fourth-order valence-electron chi connectivity index (χ4n) is 3.21. The Labute approximate surface area is 153 Å². The molecule has 2 aromatic rings. The highest BCUT2D eigenvalue weighted by molar-refractivity contribution is 5.58. The number of benzene rings is 1. The Morgan fingerprint density at radius 1 is 1.31 bits per heavy atom. The second kappa shape index (κ2) is 6.41. The molecule has 3 N–H and O–H groups in total. The van der Waals surface area contributed by atoms with Gasteiger partial charge in [0, 0.05) is 16.7 Å². The summed E-state index contributed by atoms with van der Waals surface area (Å²) in [6, 6.07) is 9.94. The predicted molar refractivity (Wildman–Crippen MR) is 98.8 cm³/mol. The van der Waals surface area contributed by atoms with E-state index in [-0.39, 0.29) is 17.4 Å². The Balaban J connectivity index is 2.27. The molecule has 1 unspecified atom stereocenters. The number of fused-ring (bicyclic) bond motifs is 1. The van der Waals surface area contributed by atoms with Crippen LogP contribution in [0.3, 0.4) is 0 Å². The van der Waals surface area contributed by atoms with Gasteiger partial charge in [-0.25, -0.2) is 0 Å². The zero-order valence-corrected chi connectivity index (χ0v) is 15.8. The summed E-state index contributed by atoms with van der Waals surface area (Å²) in [4.78, 5) is 0. The molecule has 6 heteroatoms. The summed E-state index contributed by atoms with van der Waals surface area (Å²) in [7, 11) is 0. The number of nitrogens with zero attached hydrogens (tertiary/aromatic N) is 2. The van der Waals surface area contributed by atoms with Gasteiger partial charge in [-0.05, 0) is 19.9 Å². The Hall–Kier alpha value is -2.94. The van der Waals surface area contributed by atoms with Gasteiger partial charge in [0.25, 0.3) is 0 Å². The zero-order valence-electron chi connectivity index (χ0n) is 15.8. The normalized spacial score (nSPS) is 16.9. The predicted octanol–water partition coefficient (Wildman–Crippen LogP) is 3.71. The van der Waals surface area contributed by atoms with E-state index in [1.807, 2.05) is 38.1 Å². The van der Waals surface area contributed by atoms with Gasteiger partial charge in [0.1, 0.15) is 17.4 Å². The number of rotatable bonds is 3. The van der Waals surface area contributed by atoms with Gasteiger partial charge in [0.2, 0.25) is 11.8 Å². The second-order valence-corrected chi connectivity index (χ2v) is 7.70. The molecule has 26 heavy (non-hydrogen) atoms. The highest BCUT2D eigenvalue weighted by atomic mass is 16.5. The second-order valence-electron chi connectivity index (χ2n) is 7.70. The van der Waals surface area contributed by atoms with E-state index in [2.05, 4.69) is 37.0 Å². The molecule has 0 amide bonds. The van der Waals surface area contributed by atoms with Crippen molar-refractivity contribution in [1.29, 1.82) is 5.26 Å². The molecule has 0 fully saturated rings. The lowest BCUT2D eigenvalue weighted by atomic mass is 9.78. The Morgan fingerprint density at radius 2 is 2.00 bits per heavy atom. The molecule has 0 saturated heterocycles. The number of allylic oxidation sites excluding steroid dienone is 1. The fraction of sp³-hybridized carbons (Fsp3) is 0.400. The van der Waals surface area contributed by atoms with Crippen LogP contribution in [0.1, 0.15) is 57.4 Å². The van der Waals surface area contributed by atoms with E-state index in [1.165, 1.54) is 0 Å². The average molecular weight is 352 g/mol. The quantitative estimate of drug-likeness (QED) is 0.877. The van der Waals surface area contributed by atoms with Gasteiger partial charge in [-0.3, -0.25) is 5.10 Å². The third kappa shape index (κ3) is 3.01. The van der Waals surface area contributed by atoms with Gasteiger partial charge in [-0.1, -0.05) is 39.0 Å². The molecule has 3 rings (SSSR count). The van der Waals surface area contributed by atoms with Crippen LogP contribution in [0.25, 0.3) is 0 Å². The van der Waals surface area contributed by atoms with Crippen LogP contribution in [0.4, 0.5) is 0 Å². The van der Waals surface area contributed by atoms with E-state index in [0.717, 1.165) is 22.6 Å². The Bertz CT molecular complexity index is 897. The number of hydrogen-bond donors (Lipinski definition) is 2. The zero-order chi connectivity index (χ0) is 19.1. The lowest BCUT2D eigenvalue weighted by Gasteiger charge is -2.28. The van der Waals surface area contributed by atoms with E-state index in [9.17, 15) is 5.26 Å². The first-order chi connectivity index (χ1) is 12.2. The maximum absolute atomic E-state index is 9.78. The summed E-state index contributed by atoms with van der Waals surface area (Å²) in [5, 5.41) is 17.2. The minimum absolute atomic E-state index is 0.00811. The number of aromatic nitrogens is 2. The molecule has 1 aromatic carbocycles. The first-order valence-corrected chi connectivity index (χ1v) is 8.66. The first-order valence-electron chi connectivity index (χ1n) is 8.66. The summed E-state index contributed by atoms with van der Waals surface area (Å²) < 4.78 is 11.6. The van der Waals surface area contributed by atoms with E-state index < -0.39 is 5.92 Å². The van der Waals surface area contributed by atoms with Crippen molar-refractivity contribution in [3.63, 3.8) is 0 Å². The third-order valence-electron chi connectivity index (χ3n) is 4.28. The summed E-state index contributed by atoms with van der Waals surface area (Å²) in [6.07, 6.45) is 0.00811. The van der Waals surface area contributed by atoms with Crippen molar-refractivity contribution in [3.8, 4) is 17.7 Å². The van der Waals surface area contributed by atoms with Crippen molar-refractivity contribution in [1.82, 2.24) is 10.2 Å². The van der Waals surface area contributed by atoms with Crippen molar-refractivity contribution in [2.24, 2.45) is 5.73 Å². The van der Waals surface area contributed by atoms with Crippen molar-refractivity contribution in [2.45, 2.75) is 52.1 Å². The molecule has 0 spiro atoms. The van der Waals surface area contributed by atoms with Crippen LogP contribution in [-0.2, 0) is 5.41 Å². The van der Waals surface area contributed by atoms with Crippen LogP contribution in [0.15, 0.2) is 35.7 Å². The largest absolute Gasteiger partial charge is 0.491 e. The van der Waals surface area contributed by atoms with Crippen LogP contribution in [-0.4, -0.2) is 16.3 Å². The van der Waals surface area contributed by atoms with Gasteiger partial charge in [-0.2, -0.15) is 5.26 Å². The van der Waals surface area contributed by atoms with E-state index in [4.69, 9.17) is 15.2 Å². The highest BCUT2D eigenvalue weighted by Gasteiger charge is 2.39. The topological polar surface area (TPSA) is 96.9 Å². The third-order valence-corrected chi connectivity index (χ3v) is 4.28.